The van der Waals surface area contributed by atoms with E-state index in [1.165, 1.54) is 41.6 Å². The predicted octanol–water partition coefficient (Wildman–Crippen LogP) is 3.18. The lowest BCUT2D eigenvalue weighted by atomic mass is 9.97. The van der Waals surface area contributed by atoms with Crippen LogP contribution in [0.3, 0.4) is 0 Å². The molecule has 1 aromatic rings. The fourth-order valence-corrected chi connectivity index (χ4v) is 2.94. The summed E-state index contributed by atoms with van der Waals surface area (Å²) in [5, 5.41) is 3.75. The van der Waals surface area contributed by atoms with E-state index in [1.807, 2.05) is 0 Å². The Kier molecular flexibility index (Phi) is 4.64. The van der Waals surface area contributed by atoms with Crippen LogP contribution in [0, 0.1) is 20.8 Å². The average molecular weight is 260 g/mol. The Balaban J connectivity index is 1.94. The van der Waals surface area contributed by atoms with Crippen molar-refractivity contribution in [2.45, 2.75) is 59.2 Å². The summed E-state index contributed by atoms with van der Waals surface area (Å²) < 4.78 is 0. The van der Waals surface area contributed by atoms with Gasteiger partial charge in [-0.25, -0.2) is 0 Å². The van der Waals surface area contributed by atoms with Gasteiger partial charge in [0.25, 0.3) is 0 Å². The zero-order valence-electron chi connectivity index (χ0n) is 13.1. The van der Waals surface area contributed by atoms with Crippen LogP contribution >= 0.6 is 0 Å². The summed E-state index contributed by atoms with van der Waals surface area (Å²) in [5.41, 5.74) is 5.67. The molecule has 2 rings (SSSR count). The molecule has 106 valence electrons. The van der Waals surface area contributed by atoms with Crippen LogP contribution < -0.4 is 5.32 Å². The van der Waals surface area contributed by atoms with Gasteiger partial charge >= 0.3 is 0 Å². The van der Waals surface area contributed by atoms with E-state index >= 15 is 0 Å². The number of hydrogen-bond donors (Lipinski definition) is 1. The molecule has 1 aliphatic heterocycles. The second-order valence-electron chi connectivity index (χ2n) is 6.29. The zero-order chi connectivity index (χ0) is 14.0. The molecule has 1 heterocycles. The van der Waals surface area contributed by atoms with E-state index in [-0.39, 0.29) is 0 Å². The molecule has 2 atom stereocenters. The molecule has 2 heteroatoms. The van der Waals surface area contributed by atoms with E-state index in [9.17, 15) is 0 Å². The van der Waals surface area contributed by atoms with Gasteiger partial charge < -0.3 is 10.2 Å². The van der Waals surface area contributed by atoms with Gasteiger partial charge in [0.05, 0.1) is 0 Å². The number of piperidine rings is 1. The number of hydrogen-bond acceptors (Lipinski definition) is 2. The quantitative estimate of drug-likeness (QED) is 0.898. The minimum absolute atomic E-state index is 0.673. The van der Waals surface area contributed by atoms with Crippen LogP contribution in [0.4, 0.5) is 0 Å². The van der Waals surface area contributed by atoms with Gasteiger partial charge in [-0.15, -0.1) is 0 Å². The normalized spacial score (nSPS) is 24.7. The van der Waals surface area contributed by atoms with Gasteiger partial charge in [-0.3, -0.25) is 0 Å². The zero-order valence-corrected chi connectivity index (χ0v) is 13.1. The lowest BCUT2D eigenvalue weighted by molar-refractivity contribution is 0.168. The van der Waals surface area contributed by atoms with E-state index in [2.05, 4.69) is 57.1 Å². The highest BCUT2D eigenvalue weighted by molar-refractivity contribution is 5.36. The molecule has 19 heavy (non-hydrogen) atoms. The van der Waals surface area contributed by atoms with Gasteiger partial charge in [0.2, 0.25) is 0 Å². The highest BCUT2D eigenvalue weighted by atomic mass is 15.1. The van der Waals surface area contributed by atoms with Crippen molar-refractivity contribution in [2.24, 2.45) is 0 Å². The lowest BCUT2D eigenvalue weighted by Gasteiger charge is -2.35. The highest BCUT2D eigenvalue weighted by Gasteiger charge is 2.22. The minimum atomic E-state index is 0.673. The predicted molar refractivity (Wildman–Crippen MR) is 82.6 cm³/mol. The summed E-state index contributed by atoms with van der Waals surface area (Å²) in [6.07, 6.45) is 2.53. The first-order chi connectivity index (χ1) is 8.97. The molecule has 0 radical (unpaired) electrons. The highest BCUT2D eigenvalue weighted by Crippen LogP contribution is 2.18. The first kappa shape index (κ1) is 14.5. The van der Waals surface area contributed by atoms with Gasteiger partial charge in [0, 0.05) is 18.6 Å². The SMILES string of the molecule is Cc1cc(C)c(CNC2CCN(C)C(C)C2)cc1C. The van der Waals surface area contributed by atoms with Gasteiger partial charge in [0.1, 0.15) is 0 Å². The van der Waals surface area contributed by atoms with Crippen LogP contribution in [-0.2, 0) is 6.54 Å². The number of nitrogens with one attached hydrogen (secondary N) is 1. The molecule has 1 saturated heterocycles. The second-order valence-corrected chi connectivity index (χ2v) is 6.29. The maximum Gasteiger partial charge on any atom is 0.0210 e. The molecular formula is C17H28N2. The van der Waals surface area contributed by atoms with Gasteiger partial charge in [-0.2, -0.15) is 0 Å². The van der Waals surface area contributed by atoms with Crippen LogP contribution in [0.25, 0.3) is 0 Å². The molecule has 1 N–H and O–H groups in total. The third-order valence-electron chi connectivity index (χ3n) is 4.74. The average Bonchev–Trinajstić information content (AvgIpc) is 2.36. The van der Waals surface area contributed by atoms with E-state index in [0.717, 1.165) is 6.54 Å². The molecule has 0 amide bonds. The Morgan fingerprint density at radius 2 is 1.84 bits per heavy atom. The van der Waals surface area contributed by atoms with Crippen molar-refractivity contribution in [3.63, 3.8) is 0 Å². The van der Waals surface area contributed by atoms with Crippen molar-refractivity contribution in [2.75, 3.05) is 13.6 Å². The summed E-state index contributed by atoms with van der Waals surface area (Å²) in [6, 6.07) is 6.03. The summed E-state index contributed by atoms with van der Waals surface area (Å²) in [7, 11) is 2.23. The Bertz CT molecular complexity index is 439. The van der Waals surface area contributed by atoms with Crippen molar-refractivity contribution in [3.8, 4) is 0 Å². The summed E-state index contributed by atoms with van der Waals surface area (Å²) >= 11 is 0. The molecule has 2 nitrogen and oxygen atoms in total. The van der Waals surface area contributed by atoms with E-state index in [0.29, 0.717) is 12.1 Å². The molecule has 1 fully saturated rings. The molecule has 0 aromatic heterocycles. The number of nitrogens with zero attached hydrogens (tertiary/aromatic N) is 1. The Labute approximate surface area is 118 Å². The topological polar surface area (TPSA) is 15.3 Å². The van der Waals surface area contributed by atoms with E-state index in [4.69, 9.17) is 0 Å². The third kappa shape index (κ3) is 3.58. The summed E-state index contributed by atoms with van der Waals surface area (Å²) in [4.78, 5) is 2.46. The van der Waals surface area contributed by atoms with Crippen LogP contribution in [0.2, 0.25) is 0 Å². The lowest BCUT2D eigenvalue weighted by Crippen LogP contribution is -2.45. The smallest absolute Gasteiger partial charge is 0.0210 e. The van der Waals surface area contributed by atoms with Crippen LogP contribution in [0.15, 0.2) is 12.1 Å². The number of benzene rings is 1. The number of likely N-dealkylation sites (tertiary alicyclic amines) is 1. The summed E-state index contributed by atoms with van der Waals surface area (Å²) in [5.74, 6) is 0. The molecule has 0 aliphatic carbocycles. The molecule has 0 spiro atoms. The van der Waals surface area contributed by atoms with Crippen LogP contribution in [0.1, 0.15) is 42.0 Å². The standard InChI is InChI=1S/C17H28N2/c1-12-8-14(3)16(9-13(12)2)11-18-17-6-7-19(5)15(4)10-17/h8-9,15,17-18H,6-7,10-11H2,1-5H3. The van der Waals surface area contributed by atoms with Crippen molar-refractivity contribution in [3.05, 3.63) is 34.4 Å². The summed E-state index contributed by atoms with van der Waals surface area (Å²) in [6.45, 7) is 11.2. The van der Waals surface area contributed by atoms with Crippen molar-refractivity contribution in [1.29, 1.82) is 0 Å². The van der Waals surface area contributed by atoms with Crippen LogP contribution in [-0.4, -0.2) is 30.6 Å². The second kappa shape index (κ2) is 6.06. The van der Waals surface area contributed by atoms with Crippen molar-refractivity contribution >= 4 is 0 Å². The van der Waals surface area contributed by atoms with Crippen LogP contribution in [0.5, 0.6) is 0 Å². The van der Waals surface area contributed by atoms with E-state index < -0.39 is 0 Å². The Morgan fingerprint density at radius 1 is 1.16 bits per heavy atom. The number of rotatable bonds is 3. The fraction of sp³-hybridized carbons (Fsp3) is 0.647. The molecule has 2 unspecified atom stereocenters. The molecule has 1 aliphatic rings. The maximum atomic E-state index is 3.75. The third-order valence-corrected chi connectivity index (χ3v) is 4.74. The van der Waals surface area contributed by atoms with E-state index in [1.54, 1.807) is 0 Å². The Morgan fingerprint density at radius 3 is 2.53 bits per heavy atom. The largest absolute Gasteiger partial charge is 0.310 e. The van der Waals surface area contributed by atoms with Crippen molar-refractivity contribution in [1.82, 2.24) is 10.2 Å². The van der Waals surface area contributed by atoms with Gasteiger partial charge in [-0.05, 0) is 76.4 Å². The maximum absolute atomic E-state index is 3.75. The monoisotopic (exact) mass is 260 g/mol. The molecule has 0 bridgehead atoms. The minimum Gasteiger partial charge on any atom is -0.310 e. The van der Waals surface area contributed by atoms with Gasteiger partial charge in [-0.1, -0.05) is 12.1 Å². The molecule has 0 saturated carbocycles. The molecule has 1 aromatic carbocycles. The first-order valence-electron chi connectivity index (χ1n) is 7.47. The molecular weight excluding hydrogens is 232 g/mol. The Hall–Kier alpha value is -0.860. The van der Waals surface area contributed by atoms with Crippen molar-refractivity contribution < 1.29 is 0 Å². The number of aryl methyl sites for hydroxylation is 3. The fourth-order valence-electron chi connectivity index (χ4n) is 2.94. The first-order valence-corrected chi connectivity index (χ1v) is 7.47. The van der Waals surface area contributed by atoms with Gasteiger partial charge in [0.15, 0.2) is 0 Å².